The van der Waals surface area contributed by atoms with Crippen molar-refractivity contribution in [3.8, 4) is 0 Å². The number of carbonyl (C=O) groups excluding carboxylic acids is 1. The minimum absolute atomic E-state index is 0.0177. The fourth-order valence-corrected chi connectivity index (χ4v) is 3.43. The highest BCUT2D eigenvalue weighted by Gasteiger charge is 2.23. The van der Waals surface area contributed by atoms with Crippen LogP contribution in [0.5, 0.6) is 0 Å². The Bertz CT molecular complexity index is 291. The highest BCUT2D eigenvalue weighted by molar-refractivity contribution is 5.61. The number of cyclic esters (lactones) is 2. The molecule has 1 fully saturated rings. The topological polar surface area (TPSA) is 35.5 Å². The number of ether oxygens (including phenoxy) is 2. The van der Waals surface area contributed by atoms with Crippen LogP contribution in [0.4, 0.5) is 4.79 Å². The van der Waals surface area contributed by atoms with E-state index in [0.717, 1.165) is 12.8 Å². The van der Waals surface area contributed by atoms with Crippen molar-refractivity contribution >= 4 is 6.16 Å². The molecule has 0 amide bonds. The summed E-state index contributed by atoms with van der Waals surface area (Å²) in [6.07, 6.45) is 22.7. The van der Waals surface area contributed by atoms with Crippen LogP contribution in [0.3, 0.4) is 0 Å². The molecule has 1 unspecified atom stereocenters. The van der Waals surface area contributed by atoms with Crippen molar-refractivity contribution in [3.05, 3.63) is 0 Å². The number of hydrogen-bond donors (Lipinski definition) is 0. The van der Waals surface area contributed by atoms with Crippen LogP contribution in [0.2, 0.25) is 0 Å². The maximum absolute atomic E-state index is 10.8. The van der Waals surface area contributed by atoms with Gasteiger partial charge < -0.3 is 9.47 Å². The molecule has 0 radical (unpaired) electrons. The van der Waals surface area contributed by atoms with Crippen molar-refractivity contribution in [2.75, 3.05) is 6.61 Å². The minimum atomic E-state index is -0.489. The average molecular weight is 341 g/mol. The summed E-state index contributed by atoms with van der Waals surface area (Å²) in [7, 11) is 0. The number of hydrogen-bond acceptors (Lipinski definition) is 3. The van der Waals surface area contributed by atoms with Crippen LogP contribution in [0.25, 0.3) is 0 Å². The largest absolute Gasteiger partial charge is 0.508 e. The van der Waals surface area contributed by atoms with Crippen LogP contribution in [0.15, 0.2) is 0 Å². The third-order valence-electron chi connectivity index (χ3n) is 5.03. The standard InChI is InChI=1S/C21H40O3/c1-2-3-4-5-6-7-8-9-10-11-12-13-14-15-16-17-18-20-19-23-21(22)24-20/h20H,2-19H2,1H3. The van der Waals surface area contributed by atoms with E-state index in [1.807, 2.05) is 0 Å². The van der Waals surface area contributed by atoms with Crippen LogP contribution in [-0.4, -0.2) is 18.9 Å². The van der Waals surface area contributed by atoms with Gasteiger partial charge in [-0.05, 0) is 12.8 Å². The zero-order chi connectivity index (χ0) is 17.3. The van der Waals surface area contributed by atoms with Gasteiger partial charge in [0.25, 0.3) is 0 Å². The van der Waals surface area contributed by atoms with E-state index in [-0.39, 0.29) is 6.10 Å². The third kappa shape index (κ3) is 12.7. The lowest BCUT2D eigenvalue weighted by molar-refractivity contribution is 0.115. The molecule has 142 valence electrons. The Labute approximate surface area is 149 Å². The summed E-state index contributed by atoms with van der Waals surface area (Å²) in [5.74, 6) is 0. The van der Waals surface area contributed by atoms with Crippen molar-refractivity contribution in [2.45, 2.75) is 122 Å². The SMILES string of the molecule is CCCCCCCCCCCCCCCCCCC1COC(=O)O1. The first-order valence-corrected chi connectivity index (χ1v) is 10.7. The van der Waals surface area contributed by atoms with Gasteiger partial charge >= 0.3 is 6.16 Å². The summed E-state index contributed by atoms with van der Waals surface area (Å²) in [4.78, 5) is 10.8. The molecule has 24 heavy (non-hydrogen) atoms. The Morgan fingerprint density at radius 3 is 1.50 bits per heavy atom. The van der Waals surface area contributed by atoms with Crippen LogP contribution in [-0.2, 0) is 9.47 Å². The lowest BCUT2D eigenvalue weighted by Crippen LogP contribution is -2.09. The molecular weight excluding hydrogens is 300 g/mol. The summed E-state index contributed by atoms with van der Waals surface area (Å²) in [6, 6.07) is 0. The minimum Gasteiger partial charge on any atom is -0.430 e. The fourth-order valence-electron chi connectivity index (χ4n) is 3.43. The summed E-state index contributed by atoms with van der Waals surface area (Å²) < 4.78 is 9.81. The first-order chi connectivity index (χ1) is 11.8. The molecule has 1 heterocycles. The van der Waals surface area contributed by atoms with Gasteiger partial charge in [0, 0.05) is 0 Å². The number of rotatable bonds is 17. The van der Waals surface area contributed by atoms with Crippen LogP contribution < -0.4 is 0 Å². The third-order valence-corrected chi connectivity index (χ3v) is 5.03. The number of unbranched alkanes of at least 4 members (excludes halogenated alkanes) is 15. The van der Waals surface area contributed by atoms with Gasteiger partial charge in [0.05, 0.1) is 0 Å². The molecule has 1 rings (SSSR count). The van der Waals surface area contributed by atoms with E-state index in [1.54, 1.807) is 0 Å². The Kier molecular flexibility index (Phi) is 14.0. The Hall–Kier alpha value is -0.730. The predicted molar refractivity (Wildman–Crippen MR) is 100 cm³/mol. The quantitative estimate of drug-likeness (QED) is 0.208. The zero-order valence-corrected chi connectivity index (χ0v) is 16.0. The Morgan fingerprint density at radius 1 is 0.708 bits per heavy atom. The van der Waals surface area contributed by atoms with Gasteiger partial charge in [0.15, 0.2) is 0 Å². The van der Waals surface area contributed by atoms with E-state index < -0.39 is 6.16 Å². The zero-order valence-electron chi connectivity index (χ0n) is 16.0. The monoisotopic (exact) mass is 340 g/mol. The lowest BCUT2D eigenvalue weighted by Gasteiger charge is -2.06. The second kappa shape index (κ2) is 15.8. The Balaban J connectivity index is 1.67. The van der Waals surface area contributed by atoms with Crippen molar-refractivity contribution in [2.24, 2.45) is 0 Å². The molecule has 1 atom stereocenters. The van der Waals surface area contributed by atoms with E-state index in [4.69, 9.17) is 9.47 Å². The van der Waals surface area contributed by atoms with Gasteiger partial charge in [0.1, 0.15) is 12.7 Å². The van der Waals surface area contributed by atoms with Crippen molar-refractivity contribution in [1.82, 2.24) is 0 Å². The molecule has 3 heteroatoms. The van der Waals surface area contributed by atoms with Gasteiger partial charge in [-0.3, -0.25) is 0 Å². The first kappa shape index (κ1) is 21.3. The maximum Gasteiger partial charge on any atom is 0.508 e. The van der Waals surface area contributed by atoms with Crippen molar-refractivity contribution in [1.29, 1.82) is 0 Å². The second-order valence-corrected chi connectivity index (χ2v) is 7.39. The van der Waals surface area contributed by atoms with E-state index in [1.165, 1.54) is 96.3 Å². The molecule has 1 aliphatic heterocycles. The molecule has 0 aromatic rings. The average Bonchev–Trinajstić information content (AvgIpc) is 3.00. The molecule has 0 spiro atoms. The molecule has 0 aromatic carbocycles. The molecule has 0 saturated carbocycles. The predicted octanol–water partition coefficient (Wildman–Crippen LogP) is 7.17. The van der Waals surface area contributed by atoms with Crippen LogP contribution >= 0.6 is 0 Å². The van der Waals surface area contributed by atoms with Gasteiger partial charge in [-0.15, -0.1) is 0 Å². The molecule has 1 saturated heterocycles. The number of carbonyl (C=O) groups is 1. The normalized spacial score (nSPS) is 17.0. The molecule has 0 aromatic heterocycles. The van der Waals surface area contributed by atoms with Crippen molar-refractivity contribution < 1.29 is 14.3 Å². The summed E-state index contributed by atoms with van der Waals surface area (Å²) >= 11 is 0. The van der Waals surface area contributed by atoms with Gasteiger partial charge in [-0.1, -0.05) is 103 Å². The molecule has 3 nitrogen and oxygen atoms in total. The maximum atomic E-state index is 10.8. The summed E-state index contributed by atoms with van der Waals surface area (Å²) in [5.41, 5.74) is 0. The van der Waals surface area contributed by atoms with E-state index in [0.29, 0.717) is 6.61 Å². The van der Waals surface area contributed by atoms with E-state index in [9.17, 15) is 4.79 Å². The molecule has 1 aliphatic rings. The highest BCUT2D eigenvalue weighted by atomic mass is 16.8. The summed E-state index contributed by atoms with van der Waals surface area (Å²) in [5, 5.41) is 0. The smallest absolute Gasteiger partial charge is 0.430 e. The summed E-state index contributed by atoms with van der Waals surface area (Å²) in [6.45, 7) is 2.74. The first-order valence-electron chi connectivity index (χ1n) is 10.7. The van der Waals surface area contributed by atoms with Crippen LogP contribution in [0, 0.1) is 0 Å². The lowest BCUT2D eigenvalue weighted by atomic mass is 10.0. The second-order valence-electron chi connectivity index (χ2n) is 7.39. The molecule has 0 bridgehead atoms. The van der Waals surface area contributed by atoms with Crippen LogP contribution in [0.1, 0.15) is 116 Å². The van der Waals surface area contributed by atoms with Gasteiger partial charge in [-0.25, -0.2) is 4.79 Å². The fraction of sp³-hybridized carbons (Fsp3) is 0.952. The van der Waals surface area contributed by atoms with Gasteiger partial charge in [-0.2, -0.15) is 0 Å². The van der Waals surface area contributed by atoms with E-state index >= 15 is 0 Å². The molecule has 0 aliphatic carbocycles. The van der Waals surface area contributed by atoms with Gasteiger partial charge in [0.2, 0.25) is 0 Å². The molecular formula is C21H40O3. The molecule has 0 N–H and O–H groups in total. The van der Waals surface area contributed by atoms with E-state index in [2.05, 4.69) is 6.92 Å². The van der Waals surface area contributed by atoms with Crippen molar-refractivity contribution in [3.63, 3.8) is 0 Å². The Morgan fingerprint density at radius 2 is 1.12 bits per heavy atom. The highest BCUT2D eigenvalue weighted by Crippen LogP contribution is 2.16.